The molecule has 24 heavy (non-hydrogen) atoms. The quantitative estimate of drug-likeness (QED) is 0.778. The van der Waals surface area contributed by atoms with E-state index in [-0.39, 0.29) is 11.9 Å². The summed E-state index contributed by atoms with van der Waals surface area (Å²) in [5.74, 6) is 1.38. The Morgan fingerprint density at radius 3 is 2.54 bits per heavy atom. The van der Waals surface area contributed by atoms with Crippen molar-refractivity contribution in [2.45, 2.75) is 60.0 Å². The van der Waals surface area contributed by atoms with Gasteiger partial charge in [-0.1, -0.05) is 13.8 Å². The highest BCUT2D eigenvalue weighted by molar-refractivity contribution is 5.76. The SMILES string of the molecule is Cc1nn(C)c(C)c1CCC(=O)N(Cc1ccco1)C(C)C(C)C. The van der Waals surface area contributed by atoms with E-state index >= 15 is 0 Å². The molecule has 0 bridgehead atoms. The maximum Gasteiger partial charge on any atom is 0.223 e. The van der Waals surface area contributed by atoms with E-state index in [0.717, 1.165) is 23.6 Å². The van der Waals surface area contributed by atoms with Crippen LogP contribution in [0.5, 0.6) is 0 Å². The molecule has 0 spiro atoms. The summed E-state index contributed by atoms with van der Waals surface area (Å²) < 4.78 is 7.32. The van der Waals surface area contributed by atoms with Gasteiger partial charge in [0.15, 0.2) is 0 Å². The monoisotopic (exact) mass is 331 g/mol. The Balaban J connectivity index is 2.09. The molecule has 0 saturated heterocycles. The minimum atomic E-state index is 0.162. The van der Waals surface area contributed by atoms with Crippen molar-refractivity contribution in [2.24, 2.45) is 13.0 Å². The summed E-state index contributed by atoms with van der Waals surface area (Å²) in [4.78, 5) is 14.8. The molecular weight excluding hydrogens is 302 g/mol. The number of hydrogen-bond acceptors (Lipinski definition) is 3. The fraction of sp³-hybridized carbons (Fsp3) is 0.579. The van der Waals surface area contributed by atoms with Gasteiger partial charge in [-0.15, -0.1) is 0 Å². The van der Waals surface area contributed by atoms with Gasteiger partial charge in [0.25, 0.3) is 0 Å². The minimum absolute atomic E-state index is 0.162. The van der Waals surface area contributed by atoms with Crippen LogP contribution in [-0.4, -0.2) is 26.6 Å². The minimum Gasteiger partial charge on any atom is -0.467 e. The van der Waals surface area contributed by atoms with Crippen LogP contribution in [0, 0.1) is 19.8 Å². The molecule has 0 aliphatic carbocycles. The van der Waals surface area contributed by atoms with Gasteiger partial charge < -0.3 is 9.32 Å². The van der Waals surface area contributed by atoms with E-state index in [0.29, 0.717) is 18.9 Å². The summed E-state index contributed by atoms with van der Waals surface area (Å²) in [5, 5.41) is 4.43. The fourth-order valence-corrected chi connectivity index (χ4v) is 2.94. The van der Waals surface area contributed by atoms with Crippen LogP contribution in [0.15, 0.2) is 22.8 Å². The first-order valence-corrected chi connectivity index (χ1v) is 8.62. The van der Waals surface area contributed by atoms with Gasteiger partial charge in [0, 0.05) is 25.2 Å². The fourth-order valence-electron chi connectivity index (χ4n) is 2.94. The maximum atomic E-state index is 12.9. The number of aryl methyl sites for hydroxylation is 2. The molecule has 5 nitrogen and oxygen atoms in total. The summed E-state index contributed by atoms with van der Waals surface area (Å²) in [6.07, 6.45) is 2.87. The van der Waals surface area contributed by atoms with Crippen LogP contribution in [0.2, 0.25) is 0 Å². The van der Waals surface area contributed by atoms with Crippen LogP contribution in [0.4, 0.5) is 0 Å². The molecule has 132 valence electrons. The predicted molar refractivity (Wildman–Crippen MR) is 94.6 cm³/mol. The molecule has 0 aromatic carbocycles. The van der Waals surface area contributed by atoms with E-state index in [1.807, 2.05) is 35.7 Å². The van der Waals surface area contributed by atoms with Crippen LogP contribution in [0.1, 0.15) is 49.9 Å². The number of carbonyl (C=O) groups is 1. The van der Waals surface area contributed by atoms with Crippen molar-refractivity contribution in [2.75, 3.05) is 0 Å². The number of amides is 1. The molecule has 2 aromatic rings. The predicted octanol–water partition coefficient (Wildman–Crippen LogP) is 3.64. The second kappa shape index (κ2) is 7.69. The van der Waals surface area contributed by atoms with E-state index in [4.69, 9.17) is 4.42 Å². The molecule has 2 aromatic heterocycles. The number of furan rings is 1. The average Bonchev–Trinajstić information content (AvgIpc) is 3.11. The normalized spacial score (nSPS) is 12.6. The van der Waals surface area contributed by atoms with Gasteiger partial charge in [0.05, 0.1) is 18.5 Å². The number of aromatic nitrogens is 2. The zero-order valence-electron chi connectivity index (χ0n) is 15.7. The van der Waals surface area contributed by atoms with Gasteiger partial charge in [0.2, 0.25) is 5.91 Å². The van der Waals surface area contributed by atoms with Gasteiger partial charge in [-0.05, 0) is 50.8 Å². The summed E-state index contributed by atoms with van der Waals surface area (Å²) in [6.45, 7) is 11.0. The zero-order valence-corrected chi connectivity index (χ0v) is 15.7. The lowest BCUT2D eigenvalue weighted by molar-refractivity contribution is -0.135. The molecule has 1 unspecified atom stereocenters. The van der Waals surface area contributed by atoms with Crippen LogP contribution in [0.3, 0.4) is 0 Å². The highest BCUT2D eigenvalue weighted by Crippen LogP contribution is 2.19. The maximum absolute atomic E-state index is 12.9. The lowest BCUT2D eigenvalue weighted by atomic mass is 10.0. The van der Waals surface area contributed by atoms with E-state index in [9.17, 15) is 4.79 Å². The highest BCUT2D eigenvalue weighted by Gasteiger charge is 2.24. The Morgan fingerprint density at radius 2 is 2.04 bits per heavy atom. The summed E-state index contributed by atoms with van der Waals surface area (Å²) in [5.41, 5.74) is 3.33. The van der Waals surface area contributed by atoms with Gasteiger partial charge in [-0.25, -0.2) is 0 Å². The van der Waals surface area contributed by atoms with Crippen LogP contribution >= 0.6 is 0 Å². The van der Waals surface area contributed by atoms with Crippen molar-refractivity contribution in [1.82, 2.24) is 14.7 Å². The molecule has 5 heteroatoms. The first-order chi connectivity index (χ1) is 11.3. The standard InChI is InChI=1S/C19H29N3O2/c1-13(2)15(4)22(12-17-8-7-11-24-17)19(23)10-9-18-14(3)20-21(6)16(18)5/h7-8,11,13,15H,9-10,12H2,1-6H3. The largest absolute Gasteiger partial charge is 0.467 e. The van der Waals surface area contributed by atoms with Crippen LogP contribution < -0.4 is 0 Å². The van der Waals surface area contributed by atoms with E-state index in [2.05, 4.69) is 32.8 Å². The molecule has 0 saturated carbocycles. The van der Waals surface area contributed by atoms with Crippen molar-refractivity contribution in [3.05, 3.63) is 41.1 Å². The van der Waals surface area contributed by atoms with Crippen molar-refractivity contribution in [3.8, 4) is 0 Å². The molecular formula is C19H29N3O2. The van der Waals surface area contributed by atoms with Crippen LogP contribution in [0.25, 0.3) is 0 Å². The number of rotatable bonds is 7. The van der Waals surface area contributed by atoms with Gasteiger partial charge in [-0.3, -0.25) is 9.48 Å². The number of carbonyl (C=O) groups excluding carboxylic acids is 1. The summed E-state index contributed by atoms with van der Waals surface area (Å²) in [7, 11) is 1.94. The Labute approximate surface area is 144 Å². The third kappa shape index (κ3) is 4.08. The molecule has 0 radical (unpaired) electrons. The van der Waals surface area contributed by atoms with Crippen molar-refractivity contribution in [1.29, 1.82) is 0 Å². The van der Waals surface area contributed by atoms with E-state index in [1.165, 1.54) is 5.56 Å². The van der Waals surface area contributed by atoms with Gasteiger partial charge in [0.1, 0.15) is 5.76 Å². The third-order valence-electron chi connectivity index (χ3n) is 4.93. The molecule has 0 aliphatic heterocycles. The zero-order chi connectivity index (χ0) is 17.9. The first kappa shape index (κ1) is 18.3. The molecule has 1 atom stereocenters. The molecule has 2 heterocycles. The lowest BCUT2D eigenvalue weighted by Crippen LogP contribution is -2.41. The Kier molecular flexibility index (Phi) is 5.86. The number of nitrogens with zero attached hydrogens (tertiary/aromatic N) is 3. The Hall–Kier alpha value is -2.04. The van der Waals surface area contributed by atoms with Gasteiger partial charge in [-0.2, -0.15) is 5.10 Å². The van der Waals surface area contributed by atoms with E-state index < -0.39 is 0 Å². The Bertz CT molecular complexity index is 671. The second-order valence-corrected chi connectivity index (χ2v) is 6.86. The molecule has 0 N–H and O–H groups in total. The lowest BCUT2D eigenvalue weighted by Gasteiger charge is -2.31. The number of hydrogen-bond donors (Lipinski definition) is 0. The third-order valence-corrected chi connectivity index (χ3v) is 4.93. The van der Waals surface area contributed by atoms with Gasteiger partial charge >= 0.3 is 0 Å². The van der Waals surface area contributed by atoms with Crippen molar-refractivity contribution < 1.29 is 9.21 Å². The summed E-state index contributed by atoms with van der Waals surface area (Å²) in [6, 6.07) is 3.95. The Morgan fingerprint density at radius 1 is 1.33 bits per heavy atom. The van der Waals surface area contributed by atoms with Crippen molar-refractivity contribution >= 4 is 5.91 Å². The summed E-state index contributed by atoms with van der Waals surface area (Å²) >= 11 is 0. The van der Waals surface area contributed by atoms with E-state index in [1.54, 1.807) is 6.26 Å². The highest BCUT2D eigenvalue weighted by atomic mass is 16.3. The first-order valence-electron chi connectivity index (χ1n) is 8.62. The smallest absolute Gasteiger partial charge is 0.223 e. The average molecular weight is 331 g/mol. The molecule has 1 amide bonds. The van der Waals surface area contributed by atoms with Crippen LogP contribution in [-0.2, 0) is 24.8 Å². The molecule has 0 fully saturated rings. The molecule has 0 aliphatic rings. The van der Waals surface area contributed by atoms with Crippen molar-refractivity contribution in [3.63, 3.8) is 0 Å². The second-order valence-electron chi connectivity index (χ2n) is 6.86. The molecule has 2 rings (SSSR count). The topological polar surface area (TPSA) is 51.3 Å².